The molecule has 0 fully saturated rings. The van der Waals surface area contributed by atoms with Gasteiger partial charge in [0.05, 0.1) is 11.6 Å². The van der Waals surface area contributed by atoms with Crippen molar-refractivity contribution in [2.45, 2.75) is 19.8 Å². The molecule has 0 radical (unpaired) electrons. The number of hydrogen-bond acceptors (Lipinski definition) is 2. The predicted octanol–water partition coefficient (Wildman–Crippen LogP) is 2.91. The van der Waals surface area contributed by atoms with Gasteiger partial charge in [-0.1, -0.05) is 25.5 Å². The molecule has 104 valence electrons. The highest BCUT2D eigenvalue weighted by atomic mass is 127. The van der Waals surface area contributed by atoms with Crippen LogP contribution in [0.4, 0.5) is 10.5 Å². The highest BCUT2D eigenvalue weighted by molar-refractivity contribution is 14.1. The highest BCUT2D eigenvalue weighted by Crippen LogP contribution is 2.16. The van der Waals surface area contributed by atoms with Gasteiger partial charge in [0.1, 0.15) is 0 Å². The molecule has 0 heterocycles. The fourth-order valence-electron chi connectivity index (χ4n) is 1.61. The topological polar surface area (TPSA) is 78.4 Å². The monoisotopic (exact) mass is 376 g/mol. The molecule has 0 saturated carbocycles. The first-order valence-electron chi connectivity index (χ1n) is 6.06. The molecular formula is C13H17IN2O3. The number of para-hydroxylation sites is 1. The zero-order valence-electron chi connectivity index (χ0n) is 10.6. The molecule has 0 aliphatic rings. The van der Waals surface area contributed by atoms with E-state index in [0.29, 0.717) is 12.1 Å². The molecule has 1 unspecified atom stereocenters. The van der Waals surface area contributed by atoms with Gasteiger partial charge in [0.2, 0.25) is 0 Å². The summed E-state index contributed by atoms with van der Waals surface area (Å²) < 4.78 is 0.929. The SMILES string of the molecule is CCCC(CNC(=O)Nc1ccccc1I)C(=O)O. The second-order valence-corrected chi connectivity index (χ2v) is 5.30. The quantitative estimate of drug-likeness (QED) is 0.668. The fraction of sp³-hybridized carbons (Fsp3) is 0.385. The summed E-state index contributed by atoms with van der Waals surface area (Å²) in [5.74, 6) is -1.41. The molecule has 3 N–H and O–H groups in total. The Morgan fingerprint density at radius 1 is 1.37 bits per heavy atom. The molecule has 0 bridgehead atoms. The van der Waals surface area contributed by atoms with E-state index in [2.05, 4.69) is 33.2 Å². The molecule has 1 atom stereocenters. The Balaban J connectivity index is 2.47. The van der Waals surface area contributed by atoms with Crippen molar-refractivity contribution in [1.29, 1.82) is 0 Å². The van der Waals surface area contributed by atoms with Crippen LogP contribution in [0.1, 0.15) is 19.8 Å². The van der Waals surface area contributed by atoms with Gasteiger partial charge >= 0.3 is 12.0 Å². The number of nitrogens with one attached hydrogen (secondary N) is 2. The molecule has 0 aromatic heterocycles. The number of halogens is 1. The third-order valence-corrected chi connectivity index (χ3v) is 3.56. The van der Waals surface area contributed by atoms with Crippen molar-refractivity contribution in [1.82, 2.24) is 5.32 Å². The molecule has 1 rings (SSSR count). The van der Waals surface area contributed by atoms with Crippen molar-refractivity contribution in [3.8, 4) is 0 Å². The standard InChI is InChI=1S/C13H17IN2O3/c1-2-5-9(12(17)18)8-15-13(19)16-11-7-4-3-6-10(11)14/h3-4,6-7,9H,2,5,8H2,1H3,(H,17,18)(H2,15,16,19). The Labute approximate surface area is 125 Å². The van der Waals surface area contributed by atoms with Crippen molar-refractivity contribution in [2.24, 2.45) is 5.92 Å². The number of benzene rings is 1. The smallest absolute Gasteiger partial charge is 0.319 e. The van der Waals surface area contributed by atoms with Gasteiger partial charge in [0.25, 0.3) is 0 Å². The third kappa shape index (κ3) is 5.46. The van der Waals surface area contributed by atoms with Crippen LogP contribution in [-0.2, 0) is 4.79 Å². The van der Waals surface area contributed by atoms with Crippen LogP contribution in [0.3, 0.4) is 0 Å². The summed E-state index contributed by atoms with van der Waals surface area (Å²) in [6.45, 7) is 2.06. The molecule has 0 aliphatic carbocycles. The van der Waals surface area contributed by atoms with E-state index in [0.717, 1.165) is 9.99 Å². The normalized spacial score (nSPS) is 11.7. The molecule has 1 aromatic rings. The number of carbonyl (C=O) groups is 2. The van der Waals surface area contributed by atoms with E-state index in [9.17, 15) is 9.59 Å². The van der Waals surface area contributed by atoms with Gasteiger partial charge in [-0.15, -0.1) is 0 Å². The molecule has 0 aliphatic heterocycles. The summed E-state index contributed by atoms with van der Waals surface area (Å²) in [5.41, 5.74) is 0.711. The van der Waals surface area contributed by atoms with E-state index in [1.165, 1.54) is 0 Å². The number of aliphatic carboxylic acids is 1. The van der Waals surface area contributed by atoms with Gasteiger partial charge < -0.3 is 15.7 Å². The van der Waals surface area contributed by atoms with Crippen LogP contribution < -0.4 is 10.6 Å². The molecule has 0 saturated heterocycles. The van der Waals surface area contributed by atoms with Crippen LogP contribution >= 0.6 is 22.6 Å². The van der Waals surface area contributed by atoms with Gasteiger partial charge in [-0.2, -0.15) is 0 Å². The second-order valence-electron chi connectivity index (χ2n) is 4.14. The van der Waals surface area contributed by atoms with Gasteiger partial charge in [-0.3, -0.25) is 4.79 Å². The maximum absolute atomic E-state index is 11.7. The molecule has 2 amide bonds. The fourth-order valence-corrected chi connectivity index (χ4v) is 2.13. The minimum atomic E-state index is -0.878. The number of carbonyl (C=O) groups excluding carboxylic acids is 1. The summed E-state index contributed by atoms with van der Waals surface area (Å²) in [5, 5.41) is 14.3. The first-order chi connectivity index (χ1) is 9.04. The van der Waals surface area contributed by atoms with Crippen LogP contribution in [0.25, 0.3) is 0 Å². The average molecular weight is 376 g/mol. The molecule has 0 spiro atoms. The summed E-state index contributed by atoms with van der Waals surface area (Å²) in [6.07, 6.45) is 1.33. The van der Waals surface area contributed by atoms with Crippen molar-refractivity contribution in [2.75, 3.05) is 11.9 Å². The zero-order valence-corrected chi connectivity index (χ0v) is 12.8. The second kappa shape index (κ2) is 7.98. The van der Waals surface area contributed by atoms with Crippen molar-refractivity contribution < 1.29 is 14.7 Å². The van der Waals surface area contributed by atoms with Gasteiger partial charge in [-0.25, -0.2) is 4.79 Å². The summed E-state index contributed by atoms with van der Waals surface area (Å²) in [7, 11) is 0. The lowest BCUT2D eigenvalue weighted by Crippen LogP contribution is -2.35. The van der Waals surface area contributed by atoms with E-state index in [4.69, 9.17) is 5.11 Å². The van der Waals surface area contributed by atoms with Crippen molar-refractivity contribution in [3.05, 3.63) is 27.8 Å². The summed E-state index contributed by atoms with van der Waals surface area (Å²) >= 11 is 2.12. The average Bonchev–Trinajstić information content (AvgIpc) is 2.37. The molecular weight excluding hydrogens is 359 g/mol. The first kappa shape index (κ1) is 15.7. The van der Waals surface area contributed by atoms with Crippen LogP contribution in [0.15, 0.2) is 24.3 Å². The Morgan fingerprint density at radius 2 is 2.05 bits per heavy atom. The largest absolute Gasteiger partial charge is 0.481 e. The molecule has 19 heavy (non-hydrogen) atoms. The first-order valence-corrected chi connectivity index (χ1v) is 7.14. The third-order valence-electron chi connectivity index (χ3n) is 2.62. The van der Waals surface area contributed by atoms with E-state index >= 15 is 0 Å². The van der Waals surface area contributed by atoms with E-state index in [1.54, 1.807) is 6.07 Å². The van der Waals surface area contributed by atoms with Crippen molar-refractivity contribution >= 4 is 40.3 Å². The number of rotatable bonds is 6. The van der Waals surface area contributed by atoms with Crippen LogP contribution in [0, 0.1) is 9.49 Å². The van der Waals surface area contributed by atoms with Crippen molar-refractivity contribution in [3.63, 3.8) is 0 Å². The number of urea groups is 1. The van der Waals surface area contributed by atoms with Crippen LogP contribution in [-0.4, -0.2) is 23.7 Å². The Hall–Kier alpha value is -1.31. The van der Waals surface area contributed by atoms with Crippen LogP contribution in [0.5, 0.6) is 0 Å². The molecule has 6 heteroatoms. The summed E-state index contributed by atoms with van der Waals surface area (Å²) in [6, 6.07) is 7.00. The number of anilines is 1. The lowest BCUT2D eigenvalue weighted by Gasteiger charge is -2.13. The zero-order chi connectivity index (χ0) is 14.3. The minimum Gasteiger partial charge on any atom is -0.481 e. The number of amides is 2. The van der Waals surface area contributed by atoms with E-state index < -0.39 is 11.9 Å². The van der Waals surface area contributed by atoms with Crippen LogP contribution in [0.2, 0.25) is 0 Å². The summed E-state index contributed by atoms with van der Waals surface area (Å²) in [4.78, 5) is 22.6. The Kier molecular flexibility index (Phi) is 6.61. The minimum absolute atomic E-state index is 0.137. The number of hydrogen-bond donors (Lipinski definition) is 3. The number of carboxylic acids is 1. The highest BCUT2D eigenvalue weighted by Gasteiger charge is 2.17. The maximum Gasteiger partial charge on any atom is 0.319 e. The maximum atomic E-state index is 11.7. The van der Waals surface area contributed by atoms with Gasteiger partial charge in [-0.05, 0) is 41.1 Å². The predicted molar refractivity (Wildman–Crippen MR) is 82.2 cm³/mol. The van der Waals surface area contributed by atoms with E-state index in [1.807, 2.05) is 25.1 Å². The Bertz CT molecular complexity index is 451. The van der Waals surface area contributed by atoms with Gasteiger partial charge in [0, 0.05) is 10.1 Å². The number of carboxylic acid groups (broad SMARTS) is 1. The lowest BCUT2D eigenvalue weighted by atomic mass is 10.0. The van der Waals surface area contributed by atoms with E-state index in [-0.39, 0.29) is 12.6 Å². The molecule has 5 nitrogen and oxygen atoms in total. The van der Waals surface area contributed by atoms with Gasteiger partial charge in [0.15, 0.2) is 0 Å². The Morgan fingerprint density at radius 3 is 2.63 bits per heavy atom. The molecule has 1 aromatic carbocycles. The lowest BCUT2D eigenvalue weighted by molar-refractivity contribution is -0.141.